The van der Waals surface area contributed by atoms with Crippen LogP contribution in [0.1, 0.15) is 0 Å². The van der Waals surface area contributed by atoms with Crippen molar-refractivity contribution in [2.75, 3.05) is 6.54 Å². The van der Waals surface area contributed by atoms with E-state index < -0.39 is 15.2 Å². The van der Waals surface area contributed by atoms with Gasteiger partial charge in [0.25, 0.3) is 0 Å². The topological polar surface area (TPSA) is 56.1 Å². The monoisotopic (exact) mass is 203 g/mol. The molecule has 0 unspecified atom stereocenters. The Labute approximate surface area is 64.9 Å². The van der Waals surface area contributed by atoms with Crippen LogP contribution in [0.3, 0.4) is 0 Å². The number of carbonyl (C=O) groups excluding carboxylic acids is 1. The minimum absolute atomic E-state index is 0.177. The maximum atomic E-state index is 10.8. The predicted octanol–water partition coefficient (Wildman–Crippen LogP) is -0.374. The van der Waals surface area contributed by atoms with E-state index in [1.54, 1.807) is 12.3 Å². The van der Waals surface area contributed by atoms with Gasteiger partial charge in [-0.15, -0.1) is 0 Å². The van der Waals surface area contributed by atoms with E-state index in [4.69, 9.17) is 5.26 Å². The molecule has 0 aromatic carbocycles. The summed E-state index contributed by atoms with van der Waals surface area (Å²) in [6, 6.07) is -0.177. The van der Waals surface area contributed by atoms with Gasteiger partial charge in [-0.25, -0.2) is 0 Å². The van der Waals surface area contributed by atoms with Gasteiger partial charge in [-0.2, -0.15) is 0 Å². The van der Waals surface area contributed by atoms with E-state index in [0.717, 1.165) is 0 Å². The van der Waals surface area contributed by atoms with Crippen LogP contribution in [0.4, 0.5) is 4.79 Å². The molecule has 52 valence electrons. The molecule has 0 saturated carbocycles. The fourth-order valence-electron chi connectivity index (χ4n) is 0.556. The standard InChI is InChI=1S/C5H5N3OSe/c6-4-10-8-3-1-2-7-5(8)9/h1,3H,2H2,(H,7,9). The van der Waals surface area contributed by atoms with E-state index in [1.807, 2.05) is 4.97 Å². The zero-order chi connectivity index (χ0) is 7.40. The predicted molar refractivity (Wildman–Crippen MR) is 35.7 cm³/mol. The number of nitrogens with one attached hydrogen (secondary N) is 1. The van der Waals surface area contributed by atoms with Crippen LogP contribution >= 0.6 is 0 Å². The Bertz CT molecular complexity index is 207. The first-order chi connectivity index (χ1) is 4.84. The van der Waals surface area contributed by atoms with Crippen molar-refractivity contribution >= 4 is 21.2 Å². The van der Waals surface area contributed by atoms with Crippen LogP contribution in [0.25, 0.3) is 0 Å². The first-order valence-electron chi connectivity index (χ1n) is 2.64. The number of hydrogen-bond donors (Lipinski definition) is 1. The van der Waals surface area contributed by atoms with Gasteiger partial charge in [-0.3, -0.25) is 0 Å². The number of urea groups is 1. The molecular formula is C5H5N3OSe. The van der Waals surface area contributed by atoms with E-state index >= 15 is 0 Å². The van der Waals surface area contributed by atoms with Crippen molar-refractivity contribution in [3.8, 4) is 4.97 Å². The van der Waals surface area contributed by atoms with E-state index in [9.17, 15) is 4.79 Å². The molecule has 0 aromatic heterocycles. The third-order valence-electron chi connectivity index (χ3n) is 0.951. The summed E-state index contributed by atoms with van der Waals surface area (Å²) in [4.78, 5) is 12.8. The molecule has 0 aliphatic carbocycles. The second kappa shape index (κ2) is 3.25. The van der Waals surface area contributed by atoms with Gasteiger partial charge in [0.15, 0.2) is 0 Å². The molecule has 0 atom stereocenters. The van der Waals surface area contributed by atoms with Crippen molar-refractivity contribution in [1.29, 1.82) is 5.26 Å². The number of hydrogen-bond acceptors (Lipinski definition) is 2. The molecule has 0 aromatic rings. The average Bonchev–Trinajstić information content (AvgIpc) is 1.94. The SMILES string of the molecule is N#C[Se]N1C=CCNC1=O. The van der Waals surface area contributed by atoms with Crippen LogP contribution in [-0.2, 0) is 0 Å². The summed E-state index contributed by atoms with van der Waals surface area (Å²) in [7, 11) is 0. The van der Waals surface area contributed by atoms with Gasteiger partial charge in [0.1, 0.15) is 0 Å². The number of rotatable bonds is 1. The normalized spacial score (nSPS) is 16.3. The van der Waals surface area contributed by atoms with Crippen LogP contribution in [0.2, 0.25) is 0 Å². The Morgan fingerprint density at radius 3 is 3.30 bits per heavy atom. The summed E-state index contributed by atoms with van der Waals surface area (Å²) in [6.07, 6.45) is 3.45. The van der Waals surface area contributed by atoms with Gasteiger partial charge in [0.2, 0.25) is 0 Å². The summed E-state index contributed by atoms with van der Waals surface area (Å²) in [5.74, 6) is 0. The van der Waals surface area contributed by atoms with Gasteiger partial charge in [-0.05, 0) is 0 Å². The van der Waals surface area contributed by atoms with E-state index in [2.05, 4.69) is 5.32 Å². The molecule has 0 spiro atoms. The summed E-state index contributed by atoms with van der Waals surface area (Å²) in [5.41, 5.74) is 0. The number of carbonyl (C=O) groups is 1. The minimum atomic E-state index is -0.402. The molecule has 0 radical (unpaired) electrons. The van der Waals surface area contributed by atoms with Crippen LogP contribution < -0.4 is 5.32 Å². The van der Waals surface area contributed by atoms with E-state index in [-0.39, 0.29) is 6.03 Å². The number of amides is 2. The molecule has 10 heavy (non-hydrogen) atoms. The second-order valence-electron chi connectivity index (χ2n) is 1.58. The molecule has 1 heterocycles. The quantitative estimate of drug-likeness (QED) is 0.589. The van der Waals surface area contributed by atoms with Crippen molar-refractivity contribution in [3.05, 3.63) is 12.3 Å². The molecule has 1 aliphatic heterocycles. The van der Waals surface area contributed by atoms with Gasteiger partial charge in [0.05, 0.1) is 0 Å². The van der Waals surface area contributed by atoms with Gasteiger partial charge >= 0.3 is 64.3 Å². The fourth-order valence-corrected chi connectivity index (χ4v) is 1.36. The molecule has 1 aliphatic rings. The van der Waals surface area contributed by atoms with Crippen molar-refractivity contribution in [2.45, 2.75) is 0 Å². The van der Waals surface area contributed by atoms with Crippen LogP contribution in [0.15, 0.2) is 12.3 Å². The van der Waals surface area contributed by atoms with Crippen LogP contribution in [0.5, 0.6) is 0 Å². The summed E-state index contributed by atoms with van der Waals surface area (Å²) in [6.45, 7) is 0.566. The molecule has 1 N–H and O–H groups in total. The number of nitriles is 1. The summed E-state index contributed by atoms with van der Waals surface area (Å²) >= 11 is -0.402. The fraction of sp³-hybridized carbons (Fsp3) is 0.200. The second-order valence-corrected chi connectivity index (χ2v) is 3.17. The van der Waals surface area contributed by atoms with E-state index in [1.165, 1.54) is 3.92 Å². The Morgan fingerprint density at radius 2 is 2.70 bits per heavy atom. The van der Waals surface area contributed by atoms with Crippen molar-refractivity contribution in [2.24, 2.45) is 0 Å². The zero-order valence-corrected chi connectivity index (χ0v) is 6.79. The molecule has 0 bridgehead atoms. The van der Waals surface area contributed by atoms with Gasteiger partial charge < -0.3 is 0 Å². The third kappa shape index (κ3) is 1.50. The molecule has 1 rings (SSSR count). The summed E-state index contributed by atoms with van der Waals surface area (Å²) < 4.78 is 1.39. The molecule has 2 amide bonds. The molecule has 0 fully saturated rings. The molecule has 4 nitrogen and oxygen atoms in total. The van der Waals surface area contributed by atoms with Crippen LogP contribution in [0, 0.1) is 10.2 Å². The summed E-state index contributed by atoms with van der Waals surface area (Å²) in [5, 5.41) is 10.8. The van der Waals surface area contributed by atoms with Gasteiger partial charge in [0, 0.05) is 0 Å². The molecule has 0 saturated heterocycles. The zero-order valence-electron chi connectivity index (χ0n) is 5.07. The van der Waals surface area contributed by atoms with Crippen LogP contribution in [-0.4, -0.2) is 31.7 Å². The Hall–Kier alpha value is -0.981. The first kappa shape index (κ1) is 7.13. The average molecular weight is 202 g/mol. The Balaban J connectivity index is 2.57. The van der Waals surface area contributed by atoms with Gasteiger partial charge in [-0.1, -0.05) is 0 Å². The maximum absolute atomic E-state index is 10.8. The van der Waals surface area contributed by atoms with Crippen molar-refractivity contribution < 1.29 is 4.79 Å². The third-order valence-corrected chi connectivity index (χ3v) is 2.14. The van der Waals surface area contributed by atoms with Crippen molar-refractivity contribution in [3.63, 3.8) is 0 Å². The van der Waals surface area contributed by atoms with E-state index in [0.29, 0.717) is 6.54 Å². The Morgan fingerprint density at radius 1 is 1.90 bits per heavy atom. The van der Waals surface area contributed by atoms with Crippen molar-refractivity contribution in [1.82, 2.24) is 9.23 Å². The molecule has 5 heteroatoms. The first-order valence-corrected chi connectivity index (χ1v) is 4.26. The Kier molecular flexibility index (Phi) is 2.32. The number of nitrogens with zero attached hydrogens (tertiary/aromatic N) is 2. The molecular weight excluding hydrogens is 197 g/mol.